The number of fused-ring (bicyclic) bond motifs is 1. The van der Waals surface area contributed by atoms with E-state index >= 15 is 0 Å². The van der Waals surface area contributed by atoms with Gasteiger partial charge in [0.15, 0.2) is 11.5 Å². The molecular formula is C18H17N3O3. The van der Waals surface area contributed by atoms with Crippen molar-refractivity contribution in [3.8, 4) is 22.9 Å². The van der Waals surface area contributed by atoms with Gasteiger partial charge in [-0.25, -0.2) is 0 Å². The van der Waals surface area contributed by atoms with Crippen molar-refractivity contribution in [2.45, 2.75) is 20.0 Å². The number of aryl methyl sites for hydroxylation is 1. The second-order valence-corrected chi connectivity index (χ2v) is 5.62. The van der Waals surface area contributed by atoms with E-state index in [-0.39, 0.29) is 6.79 Å². The highest BCUT2D eigenvalue weighted by Gasteiger charge is 2.13. The van der Waals surface area contributed by atoms with Crippen LogP contribution in [0.1, 0.15) is 17.0 Å². The molecule has 3 aromatic rings. The Morgan fingerprint density at radius 2 is 1.92 bits per heavy atom. The van der Waals surface area contributed by atoms with E-state index in [1.807, 2.05) is 49.4 Å². The van der Waals surface area contributed by atoms with Crippen molar-refractivity contribution in [2.24, 2.45) is 0 Å². The molecule has 2 aromatic carbocycles. The fourth-order valence-electron chi connectivity index (χ4n) is 2.62. The van der Waals surface area contributed by atoms with Crippen molar-refractivity contribution in [2.75, 3.05) is 6.79 Å². The molecule has 6 nitrogen and oxygen atoms in total. The van der Waals surface area contributed by atoms with Crippen LogP contribution in [0.2, 0.25) is 0 Å². The Morgan fingerprint density at radius 1 is 1.04 bits per heavy atom. The lowest BCUT2D eigenvalue weighted by atomic mass is 10.1. The Labute approximate surface area is 139 Å². The minimum Gasteiger partial charge on any atom is -0.454 e. The summed E-state index contributed by atoms with van der Waals surface area (Å²) in [6.07, 6.45) is 0. The van der Waals surface area contributed by atoms with E-state index in [4.69, 9.17) is 14.0 Å². The first-order valence-corrected chi connectivity index (χ1v) is 7.77. The van der Waals surface area contributed by atoms with Crippen LogP contribution < -0.4 is 14.8 Å². The minimum absolute atomic E-state index is 0.288. The van der Waals surface area contributed by atoms with E-state index in [1.165, 1.54) is 0 Å². The standard InChI is InChI=1S/C18H17N3O3/c1-12-4-2-3-5-14(12)18-20-17(24-21-18)10-19-9-13-6-7-15-16(8-13)23-11-22-15/h2-8,19H,9-11H2,1H3. The largest absolute Gasteiger partial charge is 0.454 e. The predicted molar refractivity (Wildman–Crippen MR) is 87.6 cm³/mol. The van der Waals surface area contributed by atoms with Crippen LogP contribution in [0, 0.1) is 6.92 Å². The monoisotopic (exact) mass is 323 g/mol. The molecule has 0 spiro atoms. The fourth-order valence-corrected chi connectivity index (χ4v) is 2.62. The zero-order chi connectivity index (χ0) is 16.4. The number of benzene rings is 2. The number of hydrogen-bond acceptors (Lipinski definition) is 6. The van der Waals surface area contributed by atoms with Gasteiger partial charge in [-0.3, -0.25) is 0 Å². The van der Waals surface area contributed by atoms with Crippen LogP contribution in [0.4, 0.5) is 0 Å². The van der Waals surface area contributed by atoms with Crippen molar-refractivity contribution in [1.82, 2.24) is 15.5 Å². The summed E-state index contributed by atoms with van der Waals surface area (Å²) in [5.41, 5.74) is 3.22. The van der Waals surface area contributed by atoms with E-state index in [0.29, 0.717) is 24.8 Å². The summed E-state index contributed by atoms with van der Waals surface area (Å²) in [7, 11) is 0. The molecular weight excluding hydrogens is 306 g/mol. The predicted octanol–water partition coefficient (Wildman–Crippen LogP) is 3.06. The normalized spacial score (nSPS) is 12.5. The second-order valence-electron chi connectivity index (χ2n) is 5.62. The van der Waals surface area contributed by atoms with E-state index < -0.39 is 0 Å². The third kappa shape index (κ3) is 2.96. The summed E-state index contributed by atoms with van der Waals surface area (Å²) in [4.78, 5) is 4.45. The van der Waals surface area contributed by atoms with Crippen molar-refractivity contribution < 1.29 is 14.0 Å². The molecule has 122 valence electrons. The van der Waals surface area contributed by atoms with Crippen LogP contribution in [0.3, 0.4) is 0 Å². The summed E-state index contributed by atoms with van der Waals surface area (Å²) in [5.74, 6) is 2.76. The third-order valence-corrected chi connectivity index (χ3v) is 3.90. The first-order valence-electron chi connectivity index (χ1n) is 7.77. The molecule has 1 aromatic heterocycles. The highest BCUT2D eigenvalue weighted by Crippen LogP contribution is 2.32. The molecule has 6 heteroatoms. The summed E-state index contributed by atoms with van der Waals surface area (Å²) < 4.78 is 16.0. The number of hydrogen-bond donors (Lipinski definition) is 1. The average molecular weight is 323 g/mol. The Bertz CT molecular complexity index is 860. The van der Waals surface area contributed by atoms with Gasteiger partial charge in [0.1, 0.15) is 0 Å². The van der Waals surface area contributed by atoms with Gasteiger partial charge in [0, 0.05) is 12.1 Å². The molecule has 1 aliphatic heterocycles. The van der Waals surface area contributed by atoms with Crippen molar-refractivity contribution in [1.29, 1.82) is 0 Å². The fraction of sp³-hybridized carbons (Fsp3) is 0.222. The zero-order valence-electron chi connectivity index (χ0n) is 13.3. The van der Waals surface area contributed by atoms with Crippen molar-refractivity contribution in [3.63, 3.8) is 0 Å². The Balaban J connectivity index is 1.38. The number of aromatic nitrogens is 2. The maximum Gasteiger partial charge on any atom is 0.240 e. The molecule has 1 aliphatic rings. The van der Waals surface area contributed by atoms with E-state index in [2.05, 4.69) is 15.5 Å². The van der Waals surface area contributed by atoms with Gasteiger partial charge in [0.05, 0.1) is 6.54 Å². The van der Waals surface area contributed by atoms with E-state index in [0.717, 1.165) is 28.2 Å². The van der Waals surface area contributed by atoms with Gasteiger partial charge in [-0.05, 0) is 30.2 Å². The Kier molecular flexibility index (Phi) is 3.88. The molecule has 24 heavy (non-hydrogen) atoms. The first-order chi connectivity index (χ1) is 11.8. The van der Waals surface area contributed by atoms with Crippen LogP contribution >= 0.6 is 0 Å². The lowest BCUT2D eigenvalue weighted by Gasteiger charge is -2.03. The molecule has 0 aliphatic carbocycles. The summed E-state index contributed by atoms with van der Waals surface area (Å²) in [6, 6.07) is 13.9. The molecule has 2 heterocycles. The SMILES string of the molecule is Cc1ccccc1-c1noc(CNCc2ccc3c(c2)OCO3)n1. The van der Waals surface area contributed by atoms with Gasteiger partial charge in [0.2, 0.25) is 18.5 Å². The number of nitrogens with zero attached hydrogens (tertiary/aromatic N) is 2. The van der Waals surface area contributed by atoms with Crippen LogP contribution in [-0.2, 0) is 13.1 Å². The van der Waals surface area contributed by atoms with Crippen LogP contribution in [0.5, 0.6) is 11.5 Å². The molecule has 0 fully saturated rings. The summed E-state index contributed by atoms with van der Waals surface area (Å²) in [6.45, 7) is 3.51. The second kappa shape index (κ2) is 6.33. The van der Waals surface area contributed by atoms with Gasteiger partial charge in [-0.1, -0.05) is 35.5 Å². The molecule has 0 saturated carbocycles. The zero-order valence-corrected chi connectivity index (χ0v) is 13.3. The summed E-state index contributed by atoms with van der Waals surface area (Å²) in [5, 5.41) is 7.35. The Morgan fingerprint density at radius 3 is 2.83 bits per heavy atom. The van der Waals surface area contributed by atoms with Crippen molar-refractivity contribution in [3.05, 3.63) is 59.5 Å². The maximum absolute atomic E-state index is 5.38. The van der Waals surface area contributed by atoms with E-state index in [1.54, 1.807) is 0 Å². The van der Waals surface area contributed by atoms with Gasteiger partial charge in [-0.15, -0.1) is 0 Å². The average Bonchev–Trinajstić information content (AvgIpc) is 3.24. The van der Waals surface area contributed by atoms with Crippen LogP contribution in [0.15, 0.2) is 47.0 Å². The van der Waals surface area contributed by atoms with Crippen molar-refractivity contribution >= 4 is 0 Å². The molecule has 4 rings (SSSR count). The van der Waals surface area contributed by atoms with E-state index in [9.17, 15) is 0 Å². The van der Waals surface area contributed by atoms with Crippen LogP contribution in [0.25, 0.3) is 11.4 Å². The molecule has 0 bridgehead atoms. The first kappa shape index (κ1) is 14.7. The number of ether oxygens (including phenoxy) is 2. The molecule has 0 atom stereocenters. The van der Waals surface area contributed by atoms with Gasteiger partial charge < -0.3 is 19.3 Å². The number of nitrogens with one attached hydrogen (secondary N) is 1. The maximum atomic E-state index is 5.38. The molecule has 0 amide bonds. The number of rotatable bonds is 5. The lowest BCUT2D eigenvalue weighted by Crippen LogP contribution is -2.12. The highest BCUT2D eigenvalue weighted by molar-refractivity contribution is 5.58. The highest BCUT2D eigenvalue weighted by atomic mass is 16.7. The van der Waals surface area contributed by atoms with Crippen LogP contribution in [-0.4, -0.2) is 16.9 Å². The minimum atomic E-state index is 0.288. The molecule has 0 saturated heterocycles. The molecule has 1 N–H and O–H groups in total. The lowest BCUT2D eigenvalue weighted by molar-refractivity contribution is 0.174. The Hall–Kier alpha value is -2.86. The smallest absolute Gasteiger partial charge is 0.240 e. The quantitative estimate of drug-likeness (QED) is 0.778. The molecule has 0 radical (unpaired) electrons. The van der Waals surface area contributed by atoms with Gasteiger partial charge in [0.25, 0.3) is 0 Å². The molecule has 0 unspecified atom stereocenters. The van der Waals surface area contributed by atoms with Gasteiger partial charge >= 0.3 is 0 Å². The topological polar surface area (TPSA) is 69.4 Å². The van der Waals surface area contributed by atoms with Gasteiger partial charge in [-0.2, -0.15) is 4.98 Å². The summed E-state index contributed by atoms with van der Waals surface area (Å²) >= 11 is 0. The third-order valence-electron chi connectivity index (χ3n) is 3.90.